The Bertz CT molecular complexity index is 1330. The third-order valence-electron chi connectivity index (χ3n) is 6.53. The summed E-state index contributed by atoms with van der Waals surface area (Å²) >= 11 is 0. The van der Waals surface area contributed by atoms with E-state index in [1.165, 1.54) is 0 Å². The number of ether oxygens (including phenoxy) is 1. The summed E-state index contributed by atoms with van der Waals surface area (Å²) in [6.07, 6.45) is 3.55. The zero-order valence-corrected chi connectivity index (χ0v) is 20.1. The van der Waals surface area contributed by atoms with E-state index in [9.17, 15) is 5.11 Å². The summed E-state index contributed by atoms with van der Waals surface area (Å²) in [5, 5.41) is 14.1. The molecule has 2 aromatic heterocycles. The minimum atomic E-state index is -0.0330. The highest BCUT2D eigenvalue weighted by molar-refractivity contribution is 5.87. The lowest BCUT2D eigenvalue weighted by atomic mass is 9.98. The van der Waals surface area contributed by atoms with Crippen molar-refractivity contribution in [2.45, 2.75) is 6.61 Å². The first-order valence-electron chi connectivity index (χ1n) is 11.7. The first-order chi connectivity index (χ1) is 17.1. The number of pyridine rings is 1. The summed E-state index contributed by atoms with van der Waals surface area (Å²) in [7, 11) is 3.85. The molecule has 180 valence electrons. The molecule has 0 bridgehead atoms. The Hall–Kier alpha value is -3.88. The van der Waals surface area contributed by atoms with Crippen molar-refractivity contribution < 1.29 is 9.84 Å². The van der Waals surface area contributed by atoms with E-state index < -0.39 is 0 Å². The molecule has 3 heterocycles. The average molecular weight is 471 g/mol. The van der Waals surface area contributed by atoms with E-state index in [0.717, 1.165) is 71.3 Å². The van der Waals surface area contributed by atoms with Crippen molar-refractivity contribution in [1.29, 1.82) is 0 Å². The lowest BCUT2D eigenvalue weighted by molar-refractivity contribution is 0.282. The summed E-state index contributed by atoms with van der Waals surface area (Å²) in [6, 6.07) is 17.8. The molecule has 0 saturated carbocycles. The van der Waals surface area contributed by atoms with Crippen molar-refractivity contribution in [2.24, 2.45) is 0 Å². The lowest BCUT2D eigenvalue weighted by Gasteiger charge is -2.34. The molecule has 35 heavy (non-hydrogen) atoms. The highest BCUT2D eigenvalue weighted by Crippen LogP contribution is 2.40. The fraction of sp³-hybridized carbons (Fsp3) is 0.259. The predicted molar refractivity (Wildman–Crippen MR) is 139 cm³/mol. The molecule has 3 N–H and O–H groups in total. The molecular formula is C27H30N6O2. The molecule has 1 saturated heterocycles. The topological polar surface area (TPSA) is 92.7 Å². The van der Waals surface area contributed by atoms with E-state index in [1.807, 2.05) is 41.1 Å². The molecule has 0 unspecified atom stereocenters. The van der Waals surface area contributed by atoms with E-state index in [-0.39, 0.29) is 6.61 Å². The SMILES string of the molecule is COc1cc(N2CCN(C)CC2)ccc1-c1cnc(N)cc1-c1ccnn1-c1cccc(CO)c1. The van der Waals surface area contributed by atoms with Gasteiger partial charge in [0.05, 0.1) is 31.3 Å². The molecule has 0 spiro atoms. The lowest BCUT2D eigenvalue weighted by Crippen LogP contribution is -2.44. The van der Waals surface area contributed by atoms with E-state index in [1.54, 1.807) is 19.5 Å². The Kier molecular flexibility index (Phi) is 6.39. The van der Waals surface area contributed by atoms with Gasteiger partial charge in [-0.15, -0.1) is 0 Å². The molecule has 0 amide bonds. The number of nitrogens with two attached hydrogens (primary N) is 1. The van der Waals surface area contributed by atoms with Crippen LogP contribution < -0.4 is 15.4 Å². The first kappa shape index (κ1) is 22.9. The quantitative estimate of drug-likeness (QED) is 0.446. The van der Waals surface area contributed by atoms with Crippen molar-refractivity contribution >= 4 is 11.5 Å². The smallest absolute Gasteiger partial charge is 0.128 e. The number of aliphatic hydroxyl groups excluding tert-OH is 1. The van der Waals surface area contributed by atoms with Crippen LogP contribution in [0.3, 0.4) is 0 Å². The molecule has 8 heteroatoms. The van der Waals surface area contributed by atoms with Gasteiger partial charge < -0.3 is 25.4 Å². The highest BCUT2D eigenvalue weighted by atomic mass is 16.5. The van der Waals surface area contributed by atoms with Crippen molar-refractivity contribution in [2.75, 3.05) is 51.0 Å². The third-order valence-corrected chi connectivity index (χ3v) is 6.53. The van der Waals surface area contributed by atoms with Gasteiger partial charge in [0.1, 0.15) is 11.6 Å². The van der Waals surface area contributed by atoms with E-state index in [0.29, 0.717) is 5.82 Å². The molecule has 1 fully saturated rings. The molecular weight excluding hydrogens is 440 g/mol. The monoisotopic (exact) mass is 470 g/mol. The van der Waals surface area contributed by atoms with Crippen LogP contribution in [0.5, 0.6) is 5.75 Å². The number of nitrogen functional groups attached to an aromatic ring is 1. The van der Waals surface area contributed by atoms with E-state index in [2.05, 4.69) is 45.1 Å². The van der Waals surface area contributed by atoms with Gasteiger partial charge in [-0.1, -0.05) is 12.1 Å². The van der Waals surface area contributed by atoms with Crippen LogP contribution in [-0.4, -0.2) is 65.1 Å². The summed E-state index contributed by atoms with van der Waals surface area (Å²) < 4.78 is 7.70. The van der Waals surface area contributed by atoms with Crippen molar-refractivity contribution in [1.82, 2.24) is 19.7 Å². The van der Waals surface area contributed by atoms with Gasteiger partial charge in [-0.25, -0.2) is 9.67 Å². The number of nitrogens with zero attached hydrogens (tertiary/aromatic N) is 5. The number of aliphatic hydroxyl groups is 1. The summed E-state index contributed by atoms with van der Waals surface area (Å²) in [6.45, 7) is 4.02. The number of aromatic nitrogens is 3. The summed E-state index contributed by atoms with van der Waals surface area (Å²) in [5.41, 5.74) is 12.6. The van der Waals surface area contributed by atoms with Crippen LogP contribution in [0, 0.1) is 0 Å². The second kappa shape index (κ2) is 9.77. The van der Waals surface area contributed by atoms with E-state index in [4.69, 9.17) is 10.5 Å². The number of piperazine rings is 1. The fourth-order valence-corrected chi connectivity index (χ4v) is 4.56. The summed E-state index contributed by atoms with van der Waals surface area (Å²) in [4.78, 5) is 9.12. The first-order valence-corrected chi connectivity index (χ1v) is 11.7. The number of anilines is 2. The Balaban J connectivity index is 1.59. The van der Waals surface area contributed by atoms with Crippen LogP contribution >= 0.6 is 0 Å². The second-order valence-electron chi connectivity index (χ2n) is 8.79. The molecule has 1 aliphatic rings. The molecule has 1 aliphatic heterocycles. The zero-order chi connectivity index (χ0) is 24.4. The zero-order valence-electron chi connectivity index (χ0n) is 20.1. The molecule has 5 rings (SSSR count). The second-order valence-corrected chi connectivity index (χ2v) is 8.79. The fourth-order valence-electron chi connectivity index (χ4n) is 4.56. The number of hydrogen-bond donors (Lipinski definition) is 2. The van der Waals surface area contributed by atoms with Gasteiger partial charge in [0.2, 0.25) is 0 Å². The number of rotatable bonds is 6. The number of likely N-dealkylation sites (N-methyl/N-ethyl adjacent to an activating group) is 1. The minimum absolute atomic E-state index is 0.0330. The van der Waals surface area contributed by atoms with Gasteiger partial charge in [0, 0.05) is 60.8 Å². The van der Waals surface area contributed by atoms with Crippen molar-refractivity contribution in [3.8, 4) is 33.8 Å². The maximum Gasteiger partial charge on any atom is 0.128 e. The number of methoxy groups -OCH3 is 1. The van der Waals surface area contributed by atoms with Gasteiger partial charge in [-0.05, 0) is 49.0 Å². The molecule has 8 nitrogen and oxygen atoms in total. The molecule has 0 radical (unpaired) electrons. The summed E-state index contributed by atoms with van der Waals surface area (Å²) in [5.74, 6) is 1.20. The third kappa shape index (κ3) is 4.58. The largest absolute Gasteiger partial charge is 0.496 e. The van der Waals surface area contributed by atoms with Gasteiger partial charge in [-0.2, -0.15) is 5.10 Å². The van der Waals surface area contributed by atoms with Gasteiger partial charge in [-0.3, -0.25) is 0 Å². The standard InChI is InChI=1S/C27H30N6O2/c1-31-10-12-32(13-11-31)20-6-7-22(26(15-20)35-2)24-17-29-27(28)16-23(24)25-8-9-30-33(25)21-5-3-4-19(14-21)18-34/h3-9,14-17,34H,10-13,18H2,1-2H3,(H2,28,29). The predicted octanol–water partition coefficient (Wildman–Crippen LogP) is 3.44. The van der Waals surface area contributed by atoms with Crippen LogP contribution in [0.1, 0.15) is 5.56 Å². The Morgan fingerprint density at radius 1 is 0.943 bits per heavy atom. The highest BCUT2D eigenvalue weighted by Gasteiger charge is 2.20. The van der Waals surface area contributed by atoms with Crippen LogP contribution in [-0.2, 0) is 6.61 Å². The minimum Gasteiger partial charge on any atom is -0.496 e. The molecule has 2 aromatic carbocycles. The van der Waals surface area contributed by atoms with Crippen LogP contribution in [0.25, 0.3) is 28.1 Å². The number of hydrogen-bond acceptors (Lipinski definition) is 7. The average Bonchev–Trinajstić information content (AvgIpc) is 3.39. The van der Waals surface area contributed by atoms with Gasteiger partial charge in [0.25, 0.3) is 0 Å². The van der Waals surface area contributed by atoms with Gasteiger partial charge in [0.15, 0.2) is 0 Å². The maximum atomic E-state index is 9.59. The Morgan fingerprint density at radius 3 is 2.54 bits per heavy atom. The van der Waals surface area contributed by atoms with Gasteiger partial charge >= 0.3 is 0 Å². The number of benzene rings is 2. The van der Waals surface area contributed by atoms with Crippen molar-refractivity contribution in [3.05, 3.63) is 72.6 Å². The Labute approximate surface area is 205 Å². The van der Waals surface area contributed by atoms with Crippen molar-refractivity contribution in [3.63, 3.8) is 0 Å². The molecule has 0 atom stereocenters. The molecule has 4 aromatic rings. The normalized spacial score (nSPS) is 14.3. The van der Waals surface area contributed by atoms with E-state index >= 15 is 0 Å². The maximum absolute atomic E-state index is 9.59. The van der Waals surface area contributed by atoms with Crippen LogP contribution in [0.2, 0.25) is 0 Å². The molecule has 0 aliphatic carbocycles. The van der Waals surface area contributed by atoms with Crippen LogP contribution in [0.15, 0.2) is 67.0 Å². The van der Waals surface area contributed by atoms with Crippen LogP contribution in [0.4, 0.5) is 11.5 Å². The Morgan fingerprint density at radius 2 is 1.77 bits per heavy atom.